The predicted octanol–water partition coefficient (Wildman–Crippen LogP) is 2.92. The predicted molar refractivity (Wildman–Crippen MR) is 95.4 cm³/mol. The van der Waals surface area contributed by atoms with Crippen molar-refractivity contribution in [3.63, 3.8) is 0 Å². The number of benzene rings is 1. The van der Waals surface area contributed by atoms with Crippen molar-refractivity contribution >= 4 is 12.0 Å². The van der Waals surface area contributed by atoms with E-state index in [0.29, 0.717) is 32.5 Å². The topological polar surface area (TPSA) is 65.1 Å². The second-order valence-electron chi connectivity index (χ2n) is 6.64. The lowest BCUT2D eigenvalue weighted by Crippen LogP contribution is -2.42. The molecule has 2 aliphatic rings. The number of carbonyl (C=O) groups excluding carboxylic acids is 2. The molecule has 2 heterocycles. The van der Waals surface area contributed by atoms with Gasteiger partial charge in [0.1, 0.15) is 6.61 Å². The number of rotatable bonds is 7. The van der Waals surface area contributed by atoms with Crippen molar-refractivity contribution in [2.24, 2.45) is 5.92 Å². The number of ether oxygens (including phenoxy) is 3. The van der Waals surface area contributed by atoms with Gasteiger partial charge in [0.05, 0.1) is 19.3 Å². The Kier molecular flexibility index (Phi) is 6.41. The van der Waals surface area contributed by atoms with Crippen LogP contribution in [0.25, 0.3) is 0 Å². The van der Waals surface area contributed by atoms with Crippen LogP contribution in [-0.2, 0) is 25.4 Å². The summed E-state index contributed by atoms with van der Waals surface area (Å²) in [6.45, 7) is 3.35. The zero-order valence-electron chi connectivity index (χ0n) is 15.0. The molecule has 2 aliphatic heterocycles. The van der Waals surface area contributed by atoms with E-state index < -0.39 is 6.09 Å². The molecule has 6 nitrogen and oxygen atoms in total. The van der Waals surface area contributed by atoms with Crippen molar-refractivity contribution in [1.82, 2.24) is 4.90 Å². The summed E-state index contributed by atoms with van der Waals surface area (Å²) < 4.78 is 15.9. The molecule has 6 heteroatoms. The van der Waals surface area contributed by atoms with Gasteiger partial charge in [0.15, 0.2) is 6.29 Å². The Morgan fingerprint density at radius 3 is 2.69 bits per heavy atom. The van der Waals surface area contributed by atoms with Crippen LogP contribution >= 0.6 is 0 Å². The third-order valence-electron chi connectivity index (χ3n) is 4.61. The fourth-order valence-electron chi connectivity index (χ4n) is 3.16. The van der Waals surface area contributed by atoms with E-state index in [2.05, 4.69) is 0 Å². The minimum Gasteiger partial charge on any atom is -0.447 e. The van der Waals surface area contributed by atoms with Gasteiger partial charge in [-0.3, -0.25) is 4.79 Å². The van der Waals surface area contributed by atoms with Gasteiger partial charge in [-0.05, 0) is 18.4 Å². The first-order chi connectivity index (χ1) is 12.6. The zero-order chi connectivity index (χ0) is 18.4. The minimum absolute atomic E-state index is 0.180. The van der Waals surface area contributed by atoms with Gasteiger partial charge in [-0.2, -0.15) is 0 Å². The molecule has 2 fully saturated rings. The number of hydrogen-bond acceptors (Lipinski definition) is 5. The molecular formula is C20H25NO5. The van der Waals surface area contributed by atoms with Crippen LogP contribution in [0.15, 0.2) is 42.5 Å². The van der Waals surface area contributed by atoms with Crippen molar-refractivity contribution in [2.75, 3.05) is 19.8 Å². The number of carbonyl (C=O) groups is 2. The van der Waals surface area contributed by atoms with Gasteiger partial charge in [-0.25, -0.2) is 9.69 Å². The SMILES string of the molecule is C[C@@H](C/C=C/CC1OCCO1)C(=O)N1C(=O)OC[C@H]1Cc1ccccc1. The maximum atomic E-state index is 12.7. The summed E-state index contributed by atoms with van der Waals surface area (Å²) in [7, 11) is 0. The average Bonchev–Trinajstić information content (AvgIpc) is 3.29. The Balaban J connectivity index is 1.53. The number of nitrogens with zero attached hydrogens (tertiary/aromatic N) is 1. The molecular weight excluding hydrogens is 334 g/mol. The molecule has 0 aliphatic carbocycles. The molecule has 0 unspecified atom stereocenters. The van der Waals surface area contributed by atoms with Gasteiger partial charge in [-0.15, -0.1) is 0 Å². The molecule has 0 bridgehead atoms. The second-order valence-corrected chi connectivity index (χ2v) is 6.64. The second kappa shape index (κ2) is 8.96. The highest BCUT2D eigenvalue weighted by Gasteiger charge is 2.39. The van der Waals surface area contributed by atoms with Crippen LogP contribution in [0, 0.1) is 5.92 Å². The Hall–Kier alpha value is -2.18. The van der Waals surface area contributed by atoms with Crippen LogP contribution < -0.4 is 0 Å². The summed E-state index contributed by atoms with van der Waals surface area (Å²) in [4.78, 5) is 26.1. The van der Waals surface area contributed by atoms with E-state index >= 15 is 0 Å². The monoisotopic (exact) mass is 359 g/mol. The van der Waals surface area contributed by atoms with Gasteiger partial charge in [0, 0.05) is 12.3 Å². The lowest BCUT2D eigenvalue weighted by atomic mass is 10.0. The Bertz CT molecular complexity index is 639. The molecule has 1 aromatic carbocycles. The first-order valence-electron chi connectivity index (χ1n) is 9.07. The van der Waals surface area contributed by atoms with Crippen LogP contribution in [0.3, 0.4) is 0 Å². The molecule has 2 saturated heterocycles. The smallest absolute Gasteiger partial charge is 0.416 e. The highest BCUT2D eigenvalue weighted by Crippen LogP contribution is 2.21. The summed E-state index contributed by atoms with van der Waals surface area (Å²) >= 11 is 0. The molecule has 0 spiro atoms. The Morgan fingerprint density at radius 2 is 1.96 bits per heavy atom. The molecule has 1 aromatic rings. The average molecular weight is 359 g/mol. The lowest BCUT2D eigenvalue weighted by Gasteiger charge is -2.22. The molecule has 2 amide bonds. The highest BCUT2D eigenvalue weighted by atomic mass is 16.7. The van der Waals surface area contributed by atoms with Gasteiger partial charge in [0.2, 0.25) is 5.91 Å². The van der Waals surface area contributed by atoms with Crippen molar-refractivity contribution in [3.05, 3.63) is 48.0 Å². The number of allylic oxidation sites excluding steroid dienone is 1. The zero-order valence-corrected chi connectivity index (χ0v) is 15.0. The number of imide groups is 1. The number of cyclic esters (lactones) is 1. The van der Waals surface area contributed by atoms with Gasteiger partial charge >= 0.3 is 6.09 Å². The van der Waals surface area contributed by atoms with Crippen LogP contribution in [-0.4, -0.2) is 49.1 Å². The first-order valence-corrected chi connectivity index (χ1v) is 9.07. The van der Waals surface area contributed by atoms with Gasteiger partial charge in [0.25, 0.3) is 0 Å². The van der Waals surface area contributed by atoms with Crippen molar-refractivity contribution in [1.29, 1.82) is 0 Å². The fourth-order valence-corrected chi connectivity index (χ4v) is 3.16. The van der Waals surface area contributed by atoms with E-state index in [0.717, 1.165) is 5.56 Å². The first kappa shape index (κ1) is 18.6. The maximum absolute atomic E-state index is 12.7. The molecule has 2 atom stereocenters. The quantitative estimate of drug-likeness (QED) is 0.701. The number of amides is 2. The highest BCUT2D eigenvalue weighted by molar-refractivity contribution is 5.94. The largest absolute Gasteiger partial charge is 0.447 e. The molecule has 0 radical (unpaired) electrons. The molecule has 140 valence electrons. The third-order valence-corrected chi connectivity index (χ3v) is 4.61. The molecule has 0 N–H and O–H groups in total. The van der Waals surface area contributed by atoms with Gasteiger partial charge in [-0.1, -0.05) is 49.4 Å². The van der Waals surface area contributed by atoms with Gasteiger partial charge < -0.3 is 14.2 Å². The van der Waals surface area contributed by atoms with Crippen LogP contribution in [0.5, 0.6) is 0 Å². The van der Waals surface area contributed by atoms with E-state index in [4.69, 9.17) is 14.2 Å². The molecule has 3 rings (SSSR count). The molecule has 0 aromatic heterocycles. The minimum atomic E-state index is -0.542. The third kappa shape index (κ3) is 4.71. The Labute approximate surface area is 153 Å². The van der Waals surface area contributed by atoms with Crippen LogP contribution in [0.4, 0.5) is 4.79 Å². The van der Waals surface area contributed by atoms with E-state index in [-0.39, 0.29) is 30.8 Å². The standard InChI is InChI=1S/C20H25NO5/c1-15(7-5-6-10-18-24-11-12-25-18)19(22)21-17(14-26-20(21)23)13-16-8-3-2-4-9-16/h2-6,8-9,15,17-18H,7,10-14H2,1H3/b6-5+/t15-,17+/m0/s1. The van der Waals surface area contributed by atoms with E-state index in [1.54, 1.807) is 0 Å². The molecule has 0 saturated carbocycles. The maximum Gasteiger partial charge on any atom is 0.416 e. The summed E-state index contributed by atoms with van der Waals surface area (Å²) in [5, 5.41) is 0. The molecule has 26 heavy (non-hydrogen) atoms. The van der Waals surface area contributed by atoms with E-state index in [1.807, 2.05) is 49.4 Å². The summed E-state index contributed by atoms with van der Waals surface area (Å²) in [5.74, 6) is -0.480. The fraction of sp³-hybridized carbons (Fsp3) is 0.500. The van der Waals surface area contributed by atoms with E-state index in [1.165, 1.54) is 4.90 Å². The number of hydrogen-bond donors (Lipinski definition) is 0. The summed E-state index contributed by atoms with van der Waals surface area (Å²) in [6.07, 6.45) is 5.03. The lowest BCUT2D eigenvalue weighted by molar-refractivity contribution is -0.132. The van der Waals surface area contributed by atoms with E-state index in [9.17, 15) is 9.59 Å². The van der Waals surface area contributed by atoms with Crippen molar-refractivity contribution in [3.8, 4) is 0 Å². The Morgan fingerprint density at radius 1 is 1.23 bits per heavy atom. The van der Waals surface area contributed by atoms with Crippen LogP contribution in [0.2, 0.25) is 0 Å². The van der Waals surface area contributed by atoms with Crippen LogP contribution in [0.1, 0.15) is 25.3 Å². The van der Waals surface area contributed by atoms with Crippen molar-refractivity contribution in [2.45, 2.75) is 38.5 Å². The van der Waals surface area contributed by atoms with Crippen molar-refractivity contribution < 1.29 is 23.8 Å². The summed E-state index contributed by atoms with van der Waals surface area (Å²) in [6, 6.07) is 9.58. The normalized spacial score (nSPS) is 22.1. The summed E-state index contributed by atoms with van der Waals surface area (Å²) in [5.41, 5.74) is 1.08.